The summed E-state index contributed by atoms with van der Waals surface area (Å²) in [6.07, 6.45) is 2.32. The number of primary amides is 1. The molecule has 6 heteroatoms. The van der Waals surface area contributed by atoms with Crippen LogP contribution in [-0.4, -0.2) is 24.5 Å². The summed E-state index contributed by atoms with van der Waals surface area (Å²) in [7, 11) is 0. The Balaban J connectivity index is 1.92. The number of halogens is 1. The number of nitrogens with two attached hydrogens (primary N) is 1. The van der Waals surface area contributed by atoms with Crippen LogP contribution in [-0.2, 0) is 4.79 Å². The topological polar surface area (TPSA) is 81.4 Å². The predicted octanol–water partition coefficient (Wildman–Crippen LogP) is 1.73. The molecule has 0 saturated heterocycles. The molecule has 1 fully saturated rings. The Morgan fingerprint density at radius 3 is 2.80 bits per heavy atom. The van der Waals surface area contributed by atoms with E-state index in [0.29, 0.717) is 10.9 Å². The fraction of sp³-hybridized carbons (Fsp3) is 0.429. The molecule has 1 atom stereocenters. The molecule has 5 nitrogen and oxygen atoms in total. The van der Waals surface area contributed by atoms with E-state index >= 15 is 0 Å². The number of nitrogens with one attached hydrogen (secondary N) is 1. The maximum Gasteiger partial charge on any atom is 0.258 e. The normalized spacial score (nSPS) is 15.5. The number of hydrogen-bond acceptors (Lipinski definition) is 3. The van der Waals surface area contributed by atoms with Gasteiger partial charge in [-0.2, -0.15) is 0 Å². The minimum absolute atomic E-state index is 0.154. The fourth-order valence-corrected chi connectivity index (χ4v) is 2.15. The molecule has 1 aromatic rings. The van der Waals surface area contributed by atoms with Gasteiger partial charge in [0.1, 0.15) is 5.75 Å². The second kappa shape index (κ2) is 6.13. The quantitative estimate of drug-likeness (QED) is 0.839. The zero-order chi connectivity index (χ0) is 14.7. The van der Waals surface area contributed by atoms with Gasteiger partial charge in [-0.1, -0.05) is 11.6 Å². The SMILES string of the molecule is C[C@@H](NC(=O)COc1ccc(Cl)cc1C(N)=O)C1CC1. The van der Waals surface area contributed by atoms with Crippen LogP contribution in [0.15, 0.2) is 18.2 Å². The molecule has 1 aromatic carbocycles. The highest BCUT2D eigenvalue weighted by Crippen LogP contribution is 2.32. The molecule has 108 valence electrons. The minimum atomic E-state index is -0.644. The van der Waals surface area contributed by atoms with Gasteiger partial charge in [0.05, 0.1) is 5.56 Å². The molecule has 1 aliphatic carbocycles. The maximum absolute atomic E-state index is 11.7. The van der Waals surface area contributed by atoms with E-state index in [0.717, 1.165) is 12.8 Å². The molecule has 1 saturated carbocycles. The Kier molecular flexibility index (Phi) is 4.49. The highest BCUT2D eigenvalue weighted by atomic mass is 35.5. The van der Waals surface area contributed by atoms with Gasteiger partial charge in [0.25, 0.3) is 11.8 Å². The first-order valence-electron chi connectivity index (χ1n) is 6.49. The Bertz CT molecular complexity index is 529. The smallest absolute Gasteiger partial charge is 0.258 e. The van der Waals surface area contributed by atoms with Gasteiger partial charge in [-0.25, -0.2) is 0 Å². The number of rotatable bonds is 6. The molecule has 3 N–H and O–H groups in total. The standard InChI is InChI=1S/C14H17ClN2O3/c1-8(9-2-3-9)17-13(18)7-20-12-5-4-10(15)6-11(12)14(16)19/h4-6,8-9H,2-3,7H2,1H3,(H2,16,19)(H,17,18)/t8-/m1/s1. The molecule has 0 bridgehead atoms. The molecule has 0 radical (unpaired) electrons. The maximum atomic E-state index is 11.7. The third-order valence-electron chi connectivity index (χ3n) is 3.28. The summed E-state index contributed by atoms with van der Waals surface area (Å²) in [5, 5.41) is 3.25. The van der Waals surface area contributed by atoms with E-state index in [1.54, 1.807) is 6.07 Å². The lowest BCUT2D eigenvalue weighted by Crippen LogP contribution is -2.37. The van der Waals surface area contributed by atoms with Crippen LogP contribution >= 0.6 is 11.6 Å². The number of amides is 2. The van der Waals surface area contributed by atoms with Gasteiger partial charge < -0.3 is 15.8 Å². The molecule has 2 amide bonds. The fourth-order valence-electron chi connectivity index (χ4n) is 1.97. The van der Waals surface area contributed by atoms with Crippen LogP contribution in [0.4, 0.5) is 0 Å². The average Bonchev–Trinajstić information content (AvgIpc) is 3.21. The van der Waals surface area contributed by atoms with Crippen LogP contribution in [0.2, 0.25) is 5.02 Å². The number of ether oxygens (including phenoxy) is 1. The summed E-state index contributed by atoms with van der Waals surface area (Å²) < 4.78 is 5.34. The summed E-state index contributed by atoms with van der Waals surface area (Å²) in [5.41, 5.74) is 5.41. The van der Waals surface area contributed by atoms with Crippen molar-refractivity contribution in [2.45, 2.75) is 25.8 Å². The zero-order valence-corrected chi connectivity index (χ0v) is 11.9. The molecular weight excluding hydrogens is 280 g/mol. The lowest BCUT2D eigenvalue weighted by molar-refractivity contribution is -0.123. The number of carbonyl (C=O) groups is 2. The van der Waals surface area contributed by atoms with Crippen molar-refractivity contribution in [2.75, 3.05) is 6.61 Å². The Labute approximate surface area is 122 Å². The monoisotopic (exact) mass is 296 g/mol. The number of hydrogen-bond donors (Lipinski definition) is 2. The van der Waals surface area contributed by atoms with Crippen molar-refractivity contribution in [1.29, 1.82) is 0 Å². The summed E-state index contributed by atoms with van der Waals surface area (Å²) in [6.45, 7) is 1.83. The molecule has 0 spiro atoms. The van der Waals surface area contributed by atoms with E-state index < -0.39 is 5.91 Å². The summed E-state index contributed by atoms with van der Waals surface area (Å²) in [6, 6.07) is 4.69. The van der Waals surface area contributed by atoms with Crippen LogP contribution in [0, 0.1) is 5.92 Å². The summed E-state index contributed by atoms with van der Waals surface area (Å²) in [5.74, 6) is -0.0178. The Morgan fingerprint density at radius 1 is 1.50 bits per heavy atom. The first kappa shape index (κ1) is 14.7. The van der Waals surface area contributed by atoms with Gasteiger partial charge in [0, 0.05) is 11.1 Å². The van der Waals surface area contributed by atoms with Crippen LogP contribution in [0.25, 0.3) is 0 Å². The van der Waals surface area contributed by atoms with Crippen molar-refractivity contribution in [3.8, 4) is 5.75 Å². The molecular formula is C14H17ClN2O3. The van der Waals surface area contributed by atoms with E-state index in [9.17, 15) is 9.59 Å². The van der Waals surface area contributed by atoms with E-state index in [1.165, 1.54) is 12.1 Å². The second-order valence-electron chi connectivity index (χ2n) is 4.99. The van der Waals surface area contributed by atoms with Crippen molar-refractivity contribution in [3.05, 3.63) is 28.8 Å². The highest BCUT2D eigenvalue weighted by Gasteiger charge is 2.28. The Morgan fingerprint density at radius 2 is 2.20 bits per heavy atom. The number of benzene rings is 1. The van der Waals surface area contributed by atoms with Crippen LogP contribution in [0.5, 0.6) is 5.75 Å². The third kappa shape index (κ3) is 3.87. The van der Waals surface area contributed by atoms with Crippen molar-refractivity contribution < 1.29 is 14.3 Å². The zero-order valence-electron chi connectivity index (χ0n) is 11.2. The molecule has 0 aromatic heterocycles. The van der Waals surface area contributed by atoms with Crippen LogP contribution < -0.4 is 15.8 Å². The van der Waals surface area contributed by atoms with Crippen molar-refractivity contribution in [3.63, 3.8) is 0 Å². The van der Waals surface area contributed by atoms with Crippen molar-refractivity contribution >= 4 is 23.4 Å². The lowest BCUT2D eigenvalue weighted by atomic mass is 10.2. The number of carbonyl (C=O) groups excluding carboxylic acids is 2. The Hall–Kier alpha value is -1.75. The van der Waals surface area contributed by atoms with E-state index in [-0.39, 0.29) is 29.9 Å². The van der Waals surface area contributed by atoms with Crippen LogP contribution in [0.1, 0.15) is 30.1 Å². The highest BCUT2D eigenvalue weighted by molar-refractivity contribution is 6.31. The first-order chi connectivity index (χ1) is 9.47. The summed E-state index contributed by atoms with van der Waals surface area (Å²) in [4.78, 5) is 23.0. The third-order valence-corrected chi connectivity index (χ3v) is 3.52. The van der Waals surface area contributed by atoms with Gasteiger partial charge in [-0.05, 0) is 43.9 Å². The van der Waals surface area contributed by atoms with Gasteiger partial charge in [-0.3, -0.25) is 9.59 Å². The lowest BCUT2D eigenvalue weighted by Gasteiger charge is -2.14. The second-order valence-corrected chi connectivity index (χ2v) is 5.42. The molecule has 20 heavy (non-hydrogen) atoms. The van der Waals surface area contributed by atoms with Gasteiger partial charge in [0.2, 0.25) is 0 Å². The molecule has 1 aliphatic rings. The molecule has 0 unspecified atom stereocenters. The molecule has 0 heterocycles. The average molecular weight is 297 g/mol. The van der Waals surface area contributed by atoms with Gasteiger partial charge in [0.15, 0.2) is 6.61 Å². The van der Waals surface area contributed by atoms with Crippen molar-refractivity contribution in [1.82, 2.24) is 5.32 Å². The van der Waals surface area contributed by atoms with E-state index in [1.807, 2.05) is 6.92 Å². The van der Waals surface area contributed by atoms with Gasteiger partial charge in [-0.15, -0.1) is 0 Å². The first-order valence-corrected chi connectivity index (χ1v) is 6.86. The minimum Gasteiger partial charge on any atom is -0.483 e. The van der Waals surface area contributed by atoms with Crippen molar-refractivity contribution in [2.24, 2.45) is 11.7 Å². The molecule has 0 aliphatic heterocycles. The van der Waals surface area contributed by atoms with Gasteiger partial charge >= 0.3 is 0 Å². The molecule has 2 rings (SSSR count). The predicted molar refractivity (Wildman–Crippen MR) is 75.8 cm³/mol. The van der Waals surface area contributed by atoms with Crippen LogP contribution in [0.3, 0.4) is 0 Å². The largest absolute Gasteiger partial charge is 0.483 e. The van der Waals surface area contributed by atoms with E-state index in [4.69, 9.17) is 22.1 Å². The summed E-state index contributed by atoms with van der Waals surface area (Å²) >= 11 is 5.79. The van der Waals surface area contributed by atoms with E-state index in [2.05, 4.69) is 5.32 Å².